The highest BCUT2D eigenvalue weighted by atomic mass is 35.5. The van der Waals surface area contributed by atoms with Gasteiger partial charge in [0.15, 0.2) is 0 Å². The minimum Gasteiger partial charge on any atom is -0.399 e. The van der Waals surface area contributed by atoms with E-state index in [1.165, 1.54) is 9.75 Å². The number of thiophene rings is 1. The molecule has 0 bridgehead atoms. The van der Waals surface area contributed by atoms with Crippen LogP contribution in [-0.4, -0.2) is 11.9 Å². The lowest BCUT2D eigenvalue weighted by atomic mass is 10.1. The van der Waals surface area contributed by atoms with Gasteiger partial charge in [-0.25, -0.2) is 0 Å². The number of hydrogen-bond donors (Lipinski definition) is 2. The van der Waals surface area contributed by atoms with Crippen LogP contribution in [-0.2, 0) is 6.42 Å². The van der Waals surface area contributed by atoms with Crippen LogP contribution in [0.1, 0.15) is 27.0 Å². The number of nitrogens with two attached hydrogens (primary N) is 1. The summed E-state index contributed by atoms with van der Waals surface area (Å²) >= 11 is 7.77. The lowest BCUT2D eigenvalue weighted by Crippen LogP contribution is -2.34. The molecule has 1 aromatic carbocycles. The first-order valence-corrected chi connectivity index (χ1v) is 7.56. The number of hydrogen-bond acceptors (Lipinski definition) is 3. The summed E-state index contributed by atoms with van der Waals surface area (Å²) in [6, 6.07) is 9.13. The molecule has 1 aromatic heterocycles. The molecule has 0 aliphatic heterocycles. The van der Waals surface area contributed by atoms with Crippen LogP contribution in [0.2, 0.25) is 5.02 Å². The van der Waals surface area contributed by atoms with Crippen molar-refractivity contribution in [1.29, 1.82) is 0 Å². The van der Waals surface area contributed by atoms with Crippen LogP contribution >= 0.6 is 22.9 Å². The Morgan fingerprint density at radius 3 is 2.80 bits per heavy atom. The van der Waals surface area contributed by atoms with Crippen molar-refractivity contribution in [3.63, 3.8) is 0 Å². The maximum Gasteiger partial charge on any atom is 0.253 e. The van der Waals surface area contributed by atoms with E-state index < -0.39 is 0 Å². The molecule has 2 aromatic rings. The highest BCUT2D eigenvalue weighted by molar-refractivity contribution is 7.11. The number of halogens is 1. The molecule has 1 atom stereocenters. The van der Waals surface area contributed by atoms with Gasteiger partial charge in [0, 0.05) is 27.9 Å². The summed E-state index contributed by atoms with van der Waals surface area (Å²) in [5, 5.41) is 3.36. The van der Waals surface area contributed by atoms with Crippen molar-refractivity contribution < 1.29 is 4.79 Å². The average Bonchev–Trinajstić information content (AvgIpc) is 2.77. The zero-order chi connectivity index (χ0) is 14.7. The number of carbonyl (C=O) groups excluding carboxylic acids is 1. The number of amides is 1. The minimum absolute atomic E-state index is 0.0399. The van der Waals surface area contributed by atoms with Crippen LogP contribution in [0.4, 0.5) is 5.69 Å². The molecule has 1 heterocycles. The van der Waals surface area contributed by atoms with Gasteiger partial charge in [-0.15, -0.1) is 11.3 Å². The predicted octanol–water partition coefficient (Wildman–Crippen LogP) is 3.65. The summed E-state index contributed by atoms with van der Waals surface area (Å²) in [4.78, 5) is 14.7. The Morgan fingerprint density at radius 1 is 1.40 bits per heavy atom. The molecule has 0 radical (unpaired) electrons. The molecule has 106 valence electrons. The van der Waals surface area contributed by atoms with Crippen LogP contribution in [0.5, 0.6) is 0 Å². The van der Waals surface area contributed by atoms with Gasteiger partial charge in [0.1, 0.15) is 0 Å². The van der Waals surface area contributed by atoms with Gasteiger partial charge in [0.25, 0.3) is 5.91 Å². The molecule has 3 N–H and O–H groups in total. The Labute approximate surface area is 127 Å². The van der Waals surface area contributed by atoms with Crippen LogP contribution in [0, 0.1) is 6.92 Å². The summed E-state index contributed by atoms with van der Waals surface area (Å²) in [5.74, 6) is -0.192. The number of nitrogens with one attached hydrogen (secondary N) is 1. The predicted molar refractivity (Wildman–Crippen MR) is 85.6 cm³/mol. The molecule has 0 saturated heterocycles. The monoisotopic (exact) mass is 308 g/mol. The average molecular weight is 309 g/mol. The van der Waals surface area contributed by atoms with Gasteiger partial charge in [-0.2, -0.15) is 0 Å². The summed E-state index contributed by atoms with van der Waals surface area (Å²) < 4.78 is 0. The Hall–Kier alpha value is -1.52. The highest BCUT2D eigenvalue weighted by Crippen LogP contribution is 2.20. The third-order valence-electron chi connectivity index (χ3n) is 2.92. The largest absolute Gasteiger partial charge is 0.399 e. The van der Waals surface area contributed by atoms with Crippen LogP contribution < -0.4 is 11.1 Å². The second kappa shape index (κ2) is 6.29. The normalized spacial score (nSPS) is 12.2. The molecule has 0 fully saturated rings. The highest BCUT2D eigenvalue weighted by Gasteiger charge is 2.14. The number of rotatable bonds is 4. The Morgan fingerprint density at radius 2 is 2.15 bits per heavy atom. The third-order valence-corrected chi connectivity index (χ3v) is 4.27. The molecule has 3 nitrogen and oxygen atoms in total. The van der Waals surface area contributed by atoms with Gasteiger partial charge >= 0.3 is 0 Å². The zero-order valence-electron chi connectivity index (χ0n) is 11.4. The van der Waals surface area contributed by atoms with Crippen LogP contribution in [0.15, 0.2) is 30.3 Å². The fourth-order valence-electron chi connectivity index (χ4n) is 1.97. The number of nitrogen functional groups attached to an aromatic ring is 1. The van der Waals surface area contributed by atoms with E-state index >= 15 is 0 Å². The van der Waals surface area contributed by atoms with Crippen molar-refractivity contribution in [1.82, 2.24) is 5.32 Å². The van der Waals surface area contributed by atoms with Gasteiger partial charge in [-0.05, 0) is 44.2 Å². The van der Waals surface area contributed by atoms with Gasteiger partial charge in [0.05, 0.1) is 10.6 Å². The van der Waals surface area contributed by atoms with Crippen LogP contribution in [0.3, 0.4) is 0 Å². The van der Waals surface area contributed by atoms with E-state index in [9.17, 15) is 4.79 Å². The zero-order valence-corrected chi connectivity index (χ0v) is 13.0. The molecule has 5 heteroatoms. The maximum absolute atomic E-state index is 12.2. The molecule has 1 unspecified atom stereocenters. The molecule has 0 aliphatic carbocycles. The van der Waals surface area contributed by atoms with Crippen molar-refractivity contribution in [3.05, 3.63) is 50.7 Å². The fourth-order valence-corrected chi connectivity index (χ4v) is 3.19. The Balaban J connectivity index is 2.02. The van der Waals surface area contributed by atoms with Crippen LogP contribution in [0.25, 0.3) is 0 Å². The van der Waals surface area contributed by atoms with Crippen molar-refractivity contribution in [2.75, 3.05) is 5.73 Å². The maximum atomic E-state index is 12.2. The number of anilines is 1. The molecular weight excluding hydrogens is 292 g/mol. The SMILES string of the molecule is Cc1ccc(CC(C)NC(=O)c2cc(N)ccc2Cl)s1. The number of benzene rings is 1. The Bertz CT molecular complexity index is 624. The summed E-state index contributed by atoms with van der Waals surface area (Å²) in [7, 11) is 0. The summed E-state index contributed by atoms with van der Waals surface area (Å²) in [6.07, 6.45) is 0.810. The quantitative estimate of drug-likeness (QED) is 0.847. The molecule has 2 rings (SSSR count). The smallest absolute Gasteiger partial charge is 0.253 e. The van der Waals surface area contributed by atoms with Crippen molar-refractivity contribution in [3.8, 4) is 0 Å². The third kappa shape index (κ3) is 3.74. The fraction of sp³-hybridized carbons (Fsp3) is 0.267. The standard InChI is InChI=1S/C15H17ClN2OS/c1-9(7-12-5-3-10(2)20-12)18-15(19)13-8-11(17)4-6-14(13)16/h3-6,8-9H,7,17H2,1-2H3,(H,18,19). The van der Waals surface area contributed by atoms with E-state index in [1.54, 1.807) is 29.5 Å². The van der Waals surface area contributed by atoms with E-state index in [0.29, 0.717) is 16.3 Å². The molecule has 0 aliphatic rings. The minimum atomic E-state index is -0.192. The van der Waals surface area contributed by atoms with Gasteiger partial charge in [-0.3, -0.25) is 4.79 Å². The number of aryl methyl sites for hydroxylation is 1. The van der Waals surface area contributed by atoms with Gasteiger partial charge in [-0.1, -0.05) is 11.6 Å². The van der Waals surface area contributed by atoms with Gasteiger partial charge < -0.3 is 11.1 Å². The second-order valence-corrected chi connectivity index (χ2v) is 6.61. The molecule has 20 heavy (non-hydrogen) atoms. The summed E-state index contributed by atoms with van der Waals surface area (Å²) in [6.45, 7) is 4.05. The van der Waals surface area contributed by atoms with E-state index in [1.807, 2.05) is 6.92 Å². The van der Waals surface area contributed by atoms with E-state index in [0.717, 1.165) is 6.42 Å². The first-order valence-electron chi connectivity index (χ1n) is 6.37. The van der Waals surface area contributed by atoms with Crippen molar-refractivity contribution >= 4 is 34.5 Å². The van der Waals surface area contributed by atoms with Crippen molar-refractivity contribution in [2.24, 2.45) is 0 Å². The molecular formula is C15H17ClN2OS. The van der Waals surface area contributed by atoms with E-state index in [-0.39, 0.29) is 11.9 Å². The first kappa shape index (κ1) is 14.9. The van der Waals surface area contributed by atoms with E-state index in [2.05, 4.69) is 24.4 Å². The first-order chi connectivity index (χ1) is 9.45. The van der Waals surface area contributed by atoms with Crippen molar-refractivity contribution in [2.45, 2.75) is 26.3 Å². The lowest BCUT2D eigenvalue weighted by Gasteiger charge is -2.14. The molecule has 0 spiro atoms. The second-order valence-electron chi connectivity index (χ2n) is 4.83. The van der Waals surface area contributed by atoms with Gasteiger partial charge in [0.2, 0.25) is 0 Å². The number of carbonyl (C=O) groups is 1. The molecule has 0 saturated carbocycles. The lowest BCUT2D eigenvalue weighted by molar-refractivity contribution is 0.0940. The Kier molecular flexibility index (Phi) is 4.68. The summed E-state index contributed by atoms with van der Waals surface area (Å²) in [5.41, 5.74) is 6.63. The topological polar surface area (TPSA) is 55.1 Å². The van der Waals surface area contributed by atoms with E-state index in [4.69, 9.17) is 17.3 Å². The molecule has 1 amide bonds.